The number of nitriles is 1. The van der Waals surface area contributed by atoms with E-state index in [1.54, 1.807) is 12.1 Å². The fourth-order valence-corrected chi connectivity index (χ4v) is 3.09. The van der Waals surface area contributed by atoms with Crippen molar-refractivity contribution in [2.24, 2.45) is 0 Å². The van der Waals surface area contributed by atoms with Gasteiger partial charge >= 0.3 is 5.97 Å². The topological polar surface area (TPSA) is 111 Å². The third-order valence-corrected chi connectivity index (χ3v) is 4.58. The molecule has 0 atom stereocenters. The van der Waals surface area contributed by atoms with Crippen LogP contribution in [0.3, 0.4) is 0 Å². The largest absolute Gasteiger partial charge is 0.465 e. The lowest BCUT2D eigenvalue weighted by atomic mass is 10.1. The van der Waals surface area contributed by atoms with Crippen LogP contribution in [0.5, 0.6) is 0 Å². The molecule has 0 saturated carbocycles. The molecule has 1 aromatic heterocycles. The minimum absolute atomic E-state index is 0.0260. The van der Waals surface area contributed by atoms with Crippen molar-refractivity contribution >= 4 is 29.3 Å². The monoisotopic (exact) mass is 401 g/mol. The number of carbonyl (C=O) groups is 2. The van der Waals surface area contributed by atoms with Crippen molar-refractivity contribution in [2.75, 3.05) is 32.4 Å². The van der Waals surface area contributed by atoms with E-state index in [-0.39, 0.29) is 33.5 Å². The molecule has 2 rings (SSSR count). The van der Waals surface area contributed by atoms with Gasteiger partial charge < -0.3 is 19.5 Å². The van der Waals surface area contributed by atoms with E-state index in [1.165, 1.54) is 27.4 Å². The fraction of sp³-hybridized carbons (Fsp3) is 0.263. The van der Waals surface area contributed by atoms with Gasteiger partial charge in [-0.2, -0.15) is 5.26 Å². The number of hydrogen-bond acceptors (Lipinski definition) is 8. The lowest BCUT2D eigenvalue weighted by molar-refractivity contribution is -0.113. The highest BCUT2D eigenvalue weighted by atomic mass is 32.2. The Hall–Kier alpha value is -2.93. The van der Waals surface area contributed by atoms with Gasteiger partial charge in [0.2, 0.25) is 12.2 Å². The molecule has 0 aliphatic rings. The summed E-state index contributed by atoms with van der Waals surface area (Å²) in [7, 11) is 4.02. The second-order valence-electron chi connectivity index (χ2n) is 5.38. The summed E-state index contributed by atoms with van der Waals surface area (Å²) < 4.78 is 15.1. The van der Waals surface area contributed by atoms with Gasteiger partial charge in [0.25, 0.3) is 0 Å². The second kappa shape index (κ2) is 10.4. The normalized spacial score (nSPS) is 10.4. The number of ether oxygens (including phenoxy) is 3. The van der Waals surface area contributed by atoms with Crippen LogP contribution in [0.25, 0.3) is 0 Å². The number of amides is 1. The number of methoxy groups -OCH3 is 3. The molecule has 1 aromatic carbocycles. The number of nitrogens with one attached hydrogen (secondary N) is 1. The number of hydrogen-bond donors (Lipinski definition) is 1. The van der Waals surface area contributed by atoms with Crippen LogP contribution in [-0.2, 0) is 19.0 Å². The Bertz CT molecular complexity index is 879. The maximum atomic E-state index is 12.2. The summed E-state index contributed by atoms with van der Waals surface area (Å²) in [5.74, 6) is -0.898. The van der Waals surface area contributed by atoms with Gasteiger partial charge in [-0.1, -0.05) is 30.0 Å². The number of thioether (sulfide) groups is 1. The number of carbonyl (C=O) groups excluding carboxylic acids is 2. The van der Waals surface area contributed by atoms with Gasteiger partial charge in [0, 0.05) is 19.9 Å². The molecular weight excluding hydrogens is 382 g/mol. The van der Waals surface area contributed by atoms with E-state index in [4.69, 9.17) is 14.2 Å². The van der Waals surface area contributed by atoms with Gasteiger partial charge in [-0.25, -0.2) is 9.78 Å². The third-order valence-electron chi connectivity index (χ3n) is 3.59. The van der Waals surface area contributed by atoms with Crippen LogP contribution in [0.15, 0.2) is 41.4 Å². The van der Waals surface area contributed by atoms with Crippen LogP contribution in [0.1, 0.15) is 27.9 Å². The van der Waals surface area contributed by atoms with E-state index < -0.39 is 12.3 Å². The maximum Gasteiger partial charge on any atom is 0.339 e. The molecule has 0 fully saturated rings. The molecule has 0 spiro atoms. The van der Waals surface area contributed by atoms with Crippen LogP contribution >= 0.6 is 11.8 Å². The predicted molar refractivity (Wildman–Crippen MR) is 103 cm³/mol. The summed E-state index contributed by atoms with van der Waals surface area (Å²) >= 11 is 1.07. The van der Waals surface area contributed by atoms with Crippen molar-refractivity contribution in [1.29, 1.82) is 5.26 Å². The predicted octanol–water partition coefficient (Wildman–Crippen LogP) is 2.76. The number of esters is 1. The van der Waals surface area contributed by atoms with E-state index in [9.17, 15) is 14.9 Å². The number of para-hydroxylation sites is 1. The summed E-state index contributed by atoms with van der Waals surface area (Å²) in [4.78, 5) is 28.6. The Labute approximate surface area is 166 Å². The summed E-state index contributed by atoms with van der Waals surface area (Å²) in [6.45, 7) is 0. The van der Waals surface area contributed by atoms with Gasteiger partial charge in [-0.15, -0.1) is 0 Å². The summed E-state index contributed by atoms with van der Waals surface area (Å²) in [5, 5.41) is 12.5. The fourth-order valence-electron chi connectivity index (χ4n) is 2.33. The Morgan fingerprint density at radius 1 is 1.21 bits per heavy atom. The van der Waals surface area contributed by atoms with Gasteiger partial charge in [0.05, 0.1) is 24.0 Å². The zero-order valence-electron chi connectivity index (χ0n) is 15.6. The van der Waals surface area contributed by atoms with Crippen molar-refractivity contribution in [2.45, 2.75) is 11.3 Å². The molecule has 0 aliphatic heterocycles. The number of aromatic nitrogens is 1. The van der Waals surface area contributed by atoms with E-state index in [0.717, 1.165) is 11.8 Å². The average Bonchev–Trinajstić information content (AvgIpc) is 2.73. The molecule has 0 aliphatic carbocycles. The van der Waals surface area contributed by atoms with E-state index in [0.29, 0.717) is 5.69 Å². The Morgan fingerprint density at radius 2 is 1.89 bits per heavy atom. The zero-order chi connectivity index (χ0) is 20.5. The molecule has 28 heavy (non-hydrogen) atoms. The van der Waals surface area contributed by atoms with E-state index in [2.05, 4.69) is 10.3 Å². The van der Waals surface area contributed by atoms with Crippen molar-refractivity contribution in [3.63, 3.8) is 0 Å². The molecule has 0 bridgehead atoms. The third kappa shape index (κ3) is 5.29. The molecule has 9 heteroatoms. The standard InChI is InChI=1S/C19H19N3O5S/c1-25-18(24)14-9-12(10-20)17(22-16(14)19(26-2)27-3)28-11-15(23)21-13-7-5-4-6-8-13/h4-9,19H,11H2,1-3H3,(H,21,23). The minimum Gasteiger partial charge on any atom is -0.465 e. The van der Waals surface area contributed by atoms with Crippen molar-refractivity contribution in [3.8, 4) is 6.07 Å². The van der Waals surface area contributed by atoms with Crippen LogP contribution in [0, 0.1) is 11.3 Å². The molecule has 1 heterocycles. The molecule has 8 nitrogen and oxygen atoms in total. The first-order chi connectivity index (χ1) is 13.5. The lowest BCUT2D eigenvalue weighted by Gasteiger charge is -2.17. The molecule has 146 valence electrons. The zero-order valence-corrected chi connectivity index (χ0v) is 16.4. The number of nitrogens with zero attached hydrogens (tertiary/aromatic N) is 2. The number of benzene rings is 1. The maximum absolute atomic E-state index is 12.2. The molecule has 1 amide bonds. The van der Waals surface area contributed by atoms with Crippen LogP contribution in [0.4, 0.5) is 5.69 Å². The Kier molecular flexibility index (Phi) is 7.95. The molecule has 0 unspecified atom stereocenters. The number of pyridine rings is 1. The Balaban J connectivity index is 2.27. The van der Waals surface area contributed by atoms with Gasteiger partial charge in [-0.3, -0.25) is 4.79 Å². The van der Waals surface area contributed by atoms with Crippen LogP contribution in [0.2, 0.25) is 0 Å². The molecule has 0 saturated heterocycles. The average molecular weight is 401 g/mol. The minimum atomic E-state index is -0.931. The Morgan fingerprint density at radius 3 is 2.46 bits per heavy atom. The quantitative estimate of drug-likeness (QED) is 0.408. The smallest absolute Gasteiger partial charge is 0.339 e. The van der Waals surface area contributed by atoms with Gasteiger partial charge in [-0.05, 0) is 18.2 Å². The highest BCUT2D eigenvalue weighted by Crippen LogP contribution is 2.28. The molecule has 1 N–H and O–H groups in total. The number of anilines is 1. The van der Waals surface area contributed by atoms with Crippen LogP contribution in [-0.4, -0.2) is 43.9 Å². The summed E-state index contributed by atoms with van der Waals surface area (Å²) in [6, 6.07) is 12.4. The molecule has 0 radical (unpaired) electrons. The van der Waals surface area contributed by atoms with Gasteiger partial charge in [0.15, 0.2) is 0 Å². The first-order valence-electron chi connectivity index (χ1n) is 8.10. The molecular formula is C19H19N3O5S. The second-order valence-corrected chi connectivity index (χ2v) is 6.35. The van der Waals surface area contributed by atoms with E-state index >= 15 is 0 Å². The van der Waals surface area contributed by atoms with Crippen molar-refractivity contribution in [3.05, 3.63) is 53.2 Å². The molecule has 2 aromatic rings. The van der Waals surface area contributed by atoms with Crippen LogP contribution < -0.4 is 5.32 Å². The SMILES string of the molecule is COC(=O)c1cc(C#N)c(SCC(=O)Nc2ccccc2)nc1C(OC)OC. The summed E-state index contributed by atoms with van der Waals surface area (Å²) in [6.07, 6.45) is -0.931. The lowest BCUT2D eigenvalue weighted by Crippen LogP contribution is -2.17. The van der Waals surface area contributed by atoms with Crippen molar-refractivity contribution in [1.82, 2.24) is 4.98 Å². The van der Waals surface area contributed by atoms with Crippen molar-refractivity contribution < 1.29 is 23.8 Å². The first kappa shape index (κ1) is 21.4. The number of rotatable bonds is 8. The summed E-state index contributed by atoms with van der Waals surface area (Å²) in [5.41, 5.74) is 1.04. The first-order valence-corrected chi connectivity index (χ1v) is 9.09. The van der Waals surface area contributed by atoms with E-state index in [1.807, 2.05) is 24.3 Å². The van der Waals surface area contributed by atoms with Gasteiger partial charge in [0.1, 0.15) is 16.8 Å². The highest BCUT2D eigenvalue weighted by molar-refractivity contribution is 8.00. The highest BCUT2D eigenvalue weighted by Gasteiger charge is 2.25.